The fourth-order valence-electron chi connectivity index (χ4n) is 2.19. The van der Waals surface area contributed by atoms with Gasteiger partial charge in [0.05, 0.1) is 6.61 Å². The molecule has 3 aromatic rings. The van der Waals surface area contributed by atoms with Gasteiger partial charge in [0.2, 0.25) is 0 Å². The van der Waals surface area contributed by atoms with Gasteiger partial charge in [0.15, 0.2) is 11.5 Å². The lowest BCUT2D eigenvalue weighted by molar-refractivity contribution is -0.142. The van der Waals surface area contributed by atoms with Crippen LogP contribution in [0.3, 0.4) is 0 Å². The van der Waals surface area contributed by atoms with E-state index in [9.17, 15) is 4.79 Å². The van der Waals surface area contributed by atoms with Crippen molar-refractivity contribution in [3.05, 3.63) is 36.7 Å². The monoisotopic (exact) mass is 343 g/mol. The number of thioether (sulfide) groups is 1. The molecule has 8 heteroatoms. The van der Waals surface area contributed by atoms with E-state index in [-0.39, 0.29) is 11.2 Å². The maximum atomic E-state index is 12.0. The van der Waals surface area contributed by atoms with Gasteiger partial charge in [0, 0.05) is 18.0 Å². The lowest BCUT2D eigenvalue weighted by atomic mass is 10.3. The third kappa shape index (κ3) is 3.38. The molecular formula is C16H17N5O2S. The topological polar surface area (TPSA) is 82.3 Å². The maximum absolute atomic E-state index is 12.0. The van der Waals surface area contributed by atoms with E-state index in [1.165, 1.54) is 11.8 Å². The standard InChI is InChI=1S/C16H17N5O2S/c1-3-12(16(22)23-4-2)24-14-8-7-13-18-19-15(21(13)20-14)11-6-5-9-17-10-11/h5-10,12H,3-4H2,1-2H3/t12-/m0/s1. The SMILES string of the molecule is CCOC(=O)[C@H](CC)Sc1ccc2nnc(-c3cccnc3)n2n1. The molecule has 0 aliphatic heterocycles. The van der Waals surface area contributed by atoms with Crippen LogP contribution in [0.5, 0.6) is 0 Å². The number of fused-ring (bicyclic) bond motifs is 1. The molecule has 0 N–H and O–H groups in total. The zero-order valence-electron chi connectivity index (χ0n) is 13.4. The van der Waals surface area contributed by atoms with E-state index in [1.54, 1.807) is 23.8 Å². The normalized spacial score (nSPS) is 12.2. The number of nitrogens with zero attached hydrogens (tertiary/aromatic N) is 5. The summed E-state index contributed by atoms with van der Waals surface area (Å²) in [6.45, 7) is 4.13. The van der Waals surface area contributed by atoms with E-state index in [4.69, 9.17) is 4.74 Å². The second-order valence-electron chi connectivity index (χ2n) is 4.97. The van der Waals surface area contributed by atoms with Crippen molar-refractivity contribution in [3.8, 4) is 11.4 Å². The number of ether oxygens (including phenoxy) is 1. The fourth-order valence-corrected chi connectivity index (χ4v) is 3.09. The van der Waals surface area contributed by atoms with Crippen LogP contribution in [0.4, 0.5) is 0 Å². The molecule has 0 saturated carbocycles. The van der Waals surface area contributed by atoms with E-state index in [0.29, 0.717) is 29.5 Å². The number of pyridine rings is 1. The largest absolute Gasteiger partial charge is 0.465 e. The Morgan fingerprint density at radius 1 is 1.29 bits per heavy atom. The molecule has 0 radical (unpaired) electrons. The van der Waals surface area contributed by atoms with Crippen molar-refractivity contribution in [2.24, 2.45) is 0 Å². The van der Waals surface area contributed by atoms with Gasteiger partial charge in [-0.3, -0.25) is 9.78 Å². The molecule has 0 fully saturated rings. The smallest absolute Gasteiger partial charge is 0.319 e. The summed E-state index contributed by atoms with van der Waals surface area (Å²) in [6, 6.07) is 7.41. The molecule has 1 atom stereocenters. The van der Waals surface area contributed by atoms with Gasteiger partial charge in [0.1, 0.15) is 10.3 Å². The Labute approximate surface area is 143 Å². The number of hydrogen-bond acceptors (Lipinski definition) is 7. The molecule has 3 aromatic heterocycles. The average molecular weight is 343 g/mol. The predicted molar refractivity (Wildman–Crippen MR) is 90.6 cm³/mol. The van der Waals surface area contributed by atoms with Crippen LogP contribution in [0.1, 0.15) is 20.3 Å². The Kier molecular flexibility index (Phi) is 5.05. The summed E-state index contributed by atoms with van der Waals surface area (Å²) < 4.78 is 6.77. The number of carbonyl (C=O) groups is 1. The zero-order valence-corrected chi connectivity index (χ0v) is 14.2. The highest BCUT2D eigenvalue weighted by atomic mass is 32.2. The van der Waals surface area contributed by atoms with Crippen molar-refractivity contribution >= 4 is 23.4 Å². The number of esters is 1. The minimum atomic E-state index is -0.284. The van der Waals surface area contributed by atoms with Crippen LogP contribution in [-0.2, 0) is 9.53 Å². The second-order valence-corrected chi connectivity index (χ2v) is 6.20. The molecular weight excluding hydrogens is 326 g/mol. The Bertz CT molecular complexity index is 837. The molecule has 0 aromatic carbocycles. The summed E-state index contributed by atoms with van der Waals surface area (Å²) in [5.41, 5.74) is 1.47. The first kappa shape index (κ1) is 16.4. The van der Waals surface area contributed by atoms with Gasteiger partial charge in [-0.25, -0.2) is 0 Å². The van der Waals surface area contributed by atoms with Crippen molar-refractivity contribution in [2.45, 2.75) is 30.5 Å². The van der Waals surface area contributed by atoms with E-state index < -0.39 is 0 Å². The van der Waals surface area contributed by atoms with Gasteiger partial charge in [0.25, 0.3) is 0 Å². The molecule has 0 unspecified atom stereocenters. The minimum absolute atomic E-state index is 0.219. The minimum Gasteiger partial charge on any atom is -0.465 e. The zero-order chi connectivity index (χ0) is 16.9. The number of rotatable bonds is 6. The Morgan fingerprint density at radius 2 is 2.17 bits per heavy atom. The van der Waals surface area contributed by atoms with E-state index in [2.05, 4.69) is 20.3 Å². The molecule has 24 heavy (non-hydrogen) atoms. The summed E-state index contributed by atoms with van der Waals surface area (Å²) in [5.74, 6) is 0.396. The quantitative estimate of drug-likeness (QED) is 0.502. The molecule has 3 rings (SSSR count). The molecule has 0 aliphatic carbocycles. The molecule has 0 bridgehead atoms. The number of hydrogen-bond donors (Lipinski definition) is 0. The van der Waals surface area contributed by atoms with Crippen LogP contribution in [0.15, 0.2) is 41.7 Å². The predicted octanol–water partition coefficient (Wildman–Crippen LogP) is 2.62. The van der Waals surface area contributed by atoms with Crippen molar-refractivity contribution in [3.63, 3.8) is 0 Å². The Balaban J connectivity index is 1.92. The third-order valence-electron chi connectivity index (χ3n) is 3.34. The van der Waals surface area contributed by atoms with Gasteiger partial charge < -0.3 is 4.74 Å². The van der Waals surface area contributed by atoms with Crippen LogP contribution in [0.25, 0.3) is 17.0 Å². The highest BCUT2D eigenvalue weighted by Gasteiger charge is 2.20. The van der Waals surface area contributed by atoms with Gasteiger partial charge in [-0.2, -0.15) is 9.61 Å². The van der Waals surface area contributed by atoms with E-state index in [0.717, 1.165) is 5.56 Å². The number of carbonyl (C=O) groups excluding carboxylic acids is 1. The summed E-state index contributed by atoms with van der Waals surface area (Å²) in [4.78, 5) is 16.1. The summed E-state index contributed by atoms with van der Waals surface area (Å²) >= 11 is 1.38. The van der Waals surface area contributed by atoms with Gasteiger partial charge in [-0.15, -0.1) is 10.2 Å². The molecule has 0 spiro atoms. The average Bonchev–Trinajstić information content (AvgIpc) is 3.03. The number of aromatic nitrogens is 5. The first-order valence-electron chi connectivity index (χ1n) is 7.69. The molecule has 124 valence electrons. The third-order valence-corrected chi connectivity index (χ3v) is 4.61. The summed E-state index contributed by atoms with van der Waals surface area (Å²) in [6.07, 6.45) is 4.08. The summed E-state index contributed by atoms with van der Waals surface area (Å²) in [7, 11) is 0. The Hall–Kier alpha value is -2.48. The highest BCUT2D eigenvalue weighted by molar-refractivity contribution is 8.00. The molecule has 0 saturated heterocycles. The first-order valence-corrected chi connectivity index (χ1v) is 8.57. The van der Waals surface area contributed by atoms with Crippen LogP contribution < -0.4 is 0 Å². The van der Waals surface area contributed by atoms with Crippen molar-refractivity contribution in [1.29, 1.82) is 0 Å². The Morgan fingerprint density at radius 3 is 2.88 bits per heavy atom. The van der Waals surface area contributed by atoms with Crippen LogP contribution >= 0.6 is 11.8 Å². The molecule has 0 amide bonds. The summed E-state index contributed by atoms with van der Waals surface area (Å²) in [5, 5.41) is 13.3. The van der Waals surface area contributed by atoms with E-state index >= 15 is 0 Å². The highest BCUT2D eigenvalue weighted by Crippen LogP contribution is 2.26. The lowest BCUT2D eigenvalue weighted by Gasteiger charge is -2.12. The van der Waals surface area contributed by atoms with Gasteiger partial charge in [-0.05, 0) is 37.6 Å². The van der Waals surface area contributed by atoms with Crippen molar-refractivity contribution < 1.29 is 9.53 Å². The maximum Gasteiger partial charge on any atom is 0.319 e. The van der Waals surface area contributed by atoms with Crippen LogP contribution in [0.2, 0.25) is 0 Å². The fraction of sp³-hybridized carbons (Fsp3) is 0.312. The first-order chi connectivity index (χ1) is 11.7. The van der Waals surface area contributed by atoms with E-state index in [1.807, 2.05) is 31.2 Å². The van der Waals surface area contributed by atoms with Crippen LogP contribution in [-0.4, -0.2) is 42.6 Å². The molecule has 3 heterocycles. The molecule has 0 aliphatic rings. The lowest BCUT2D eigenvalue weighted by Crippen LogP contribution is -2.19. The van der Waals surface area contributed by atoms with Gasteiger partial charge >= 0.3 is 5.97 Å². The van der Waals surface area contributed by atoms with Crippen molar-refractivity contribution in [1.82, 2.24) is 24.8 Å². The van der Waals surface area contributed by atoms with Gasteiger partial charge in [-0.1, -0.05) is 18.7 Å². The van der Waals surface area contributed by atoms with Crippen LogP contribution in [0, 0.1) is 0 Å². The molecule has 7 nitrogen and oxygen atoms in total. The second kappa shape index (κ2) is 7.39. The van der Waals surface area contributed by atoms with Crippen molar-refractivity contribution in [2.75, 3.05) is 6.61 Å².